The zero-order chi connectivity index (χ0) is 4.28. The van der Waals surface area contributed by atoms with Crippen molar-refractivity contribution in [1.82, 2.24) is 0 Å². The number of carbonyl (C=O) groups excluding carboxylic acids is 1. The van der Waals surface area contributed by atoms with Gasteiger partial charge in [-0.1, -0.05) is 0 Å². The Labute approximate surface area is 45.7 Å². The molecule has 0 aliphatic carbocycles. The van der Waals surface area contributed by atoms with Crippen LogP contribution in [-0.2, 0) is 26.8 Å². The molecule has 0 fully saturated rings. The first-order valence-corrected chi connectivity index (χ1v) is 1.09. The van der Waals surface area contributed by atoms with Gasteiger partial charge in [-0.3, -0.25) is 0 Å². The van der Waals surface area contributed by atoms with Crippen molar-refractivity contribution in [2.45, 2.75) is 6.92 Å². The van der Waals surface area contributed by atoms with E-state index in [0.29, 0.717) is 0 Å². The normalized spacial score (nSPS) is 5.67. The van der Waals surface area contributed by atoms with E-state index < -0.39 is 5.97 Å². The summed E-state index contributed by atoms with van der Waals surface area (Å²) < 4.78 is 0. The zero-order valence-electron chi connectivity index (χ0n) is 3.12. The maximum Gasteiger partial charge on any atom is 0.339 e. The smallest absolute Gasteiger partial charge is 0.301 e. The largest absolute Gasteiger partial charge is 0.339 e. The van der Waals surface area contributed by atoms with Crippen LogP contribution in [0.1, 0.15) is 6.92 Å². The maximum atomic E-state index is 9.34. The fourth-order valence-electron chi connectivity index (χ4n) is 0. The van der Waals surface area contributed by atoms with Crippen LogP contribution in [0, 0.1) is 0 Å². The third-order valence-electron chi connectivity index (χ3n) is 0.129. The number of hydrogen-bond donors (Lipinski definition) is 1. The molecule has 0 aliphatic rings. The molecule has 0 atom stereocenters. The summed E-state index contributed by atoms with van der Waals surface area (Å²) in [6.07, 6.45) is 0. The summed E-state index contributed by atoms with van der Waals surface area (Å²) in [5.74, 6) is -0.690. The predicted octanol–water partition coefficient (Wildman–Crippen LogP) is 0.0200. The molecule has 0 saturated heterocycles. The second-order valence-corrected chi connectivity index (χ2v) is 0.583. The van der Waals surface area contributed by atoms with E-state index in [-0.39, 0.29) is 17.1 Å². The molecule has 0 amide bonds. The molecular formula is C2H4FeO3. The molecule has 0 aromatic rings. The van der Waals surface area contributed by atoms with Gasteiger partial charge in [0.05, 0.1) is 0 Å². The fraction of sp³-hybridized carbons (Fsp3) is 0.500. The third kappa shape index (κ3) is 9.04. The van der Waals surface area contributed by atoms with Gasteiger partial charge >= 0.3 is 5.97 Å². The molecule has 1 N–H and O–H groups in total. The summed E-state index contributed by atoms with van der Waals surface area (Å²) in [4.78, 5) is 12.5. The van der Waals surface area contributed by atoms with Gasteiger partial charge in [-0.25, -0.2) is 4.79 Å². The molecule has 0 heterocycles. The standard InChI is InChI=1S/C2H4O3.Fe/c1-2(3)5-4;/h4H,1H3;. The Morgan fingerprint density at radius 1 is 1.83 bits per heavy atom. The van der Waals surface area contributed by atoms with Crippen LogP contribution in [0.2, 0.25) is 0 Å². The minimum atomic E-state index is -0.690. The molecule has 6 heavy (non-hydrogen) atoms. The van der Waals surface area contributed by atoms with Gasteiger partial charge in [-0.2, -0.15) is 5.26 Å². The molecule has 38 valence electrons. The first-order chi connectivity index (χ1) is 2.27. The van der Waals surface area contributed by atoms with E-state index in [4.69, 9.17) is 5.26 Å². The van der Waals surface area contributed by atoms with Gasteiger partial charge in [0.1, 0.15) is 0 Å². The van der Waals surface area contributed by atoms with Gasteiger partial charge in [0, 0.05) is 24.0 Å². The molecule has 0 spiro atoms. The average molecular weight is 132 g/mol. The Kier molecular flexibility index (Phi) is 7.71. The van der Waals surface area contributed by atoms with Crippen molar-refractivity contribution in [1.29, 1.82) is 0 Å². The van der Waals surface area contributed by atoms with Crippen LogP contribution in [0.15, 0.2) is 0 Å². The topological polar surface area (TPSA) is 46.5 Å². The van der Waals surface area contributed by atoms with Crippen molar-refractivity contribution in [3.63, 3.8) is 0 Å². The van der Waals surface area contributed by atoms with Crippen molar-refractivity contribution >= 4 is 5.97 Å². The van der Waals surface area contributed by atoms with Gasteiger partial charge in [-0.05, 0) is 0 Å². The summed E-state index contributed by atoms with van der Waals surface area (Å²) in [7, 11) is 0. The van der Waals surface area contributed by atoms with Gasteiger partial charge in [0.2, 0.25) is 0 Å². The van der Waals surface area contributed by atoms with Gasteiger partial charge in [0.15, 0.2) is 0 Å². The Hall–Kier alpha value is -0.0505. The van der Waals surface area contributed by atoms with Crippen LogP contribution >= 0.6 is 0 Å². The molecule has 0 saturated carbocycles. The molecule has 0 aromatic carbocycles. The molecule has 0 unspecified atom stereocenters. The molecule has 0 rings (SSSR count). The van der Waals surface area contributed by atoms with Crippen LogP contribution in [0.4, 0.5) is 0 Å². The summed E-state index contributed by atoms with van der Waals surface area (Å²) in [6, 6.07) is 0. The minimum Gasteiger partial charge on any atom is -0.301 e. The second kappa shape index (κ2) is 4.95. The van der Waals surface area contributed by atoms with E-state index in [9.17, 15) is 4.79 Å². The predicted molar refractivity (Wildman–Crippen MR) is 14.4 cm³/mol. The van der Waals surface area contributed by atoms with Crippen LogP contribution in [0.3, 0.4) is 0 Å². The molecule has 3 nitrogen and oxygen atoms in total. The first-order valence-electron chi connectivity index (χ1n) is 1.09. The SMILES string of the molecule is CC(=O)OO.[Fe]. The Morgan fingerprint density at radius 2 is 2.00 bits per heavy atom. The monoisotopic (exact) mass is 132 g/mol. The van der Waals surface area contributed by atoms with Crippen LogP contribution in [0.25, 0.3) is 0 Å². The second-order valence-electron chi connectivity index (χ2n) is 0.583. The molecule has 0 aliphatic heterocycles. The van der Waals surface area contributed by atoms with E-state index in [1.165, 1.54) is 0 Å². The van der Waals surface area contributed by atoms with Crippen molar-refractivity contribution in [3.05, 3.63) is 0 Å². The Morgan fingerprint density at radius 3 is 2.00 bits per heavy atom. The molecule has 0 aromatic heterocycles. The molecule has 4 heteroatoms. The van der Waals surface area contributed by atoms with Gasteiger partial charge in [0.25, 0.3) is 0 Å². The molecular weight excluding hydrogens is 128 g/mol. The number of hydrogen-bond acceptors (Lipinski definition) is 3. The Bertz CT molecular complexity index is 44.1. The first kappa shape index (κ1) is 9.34. The van der Waals surface area contributed by atoms with E-state index in [1.54, 1.807) is 0 Å². The van der Waals surface area contributed by atoms with E-state index in [0.717, 1.165) is 6.92 Å². The van der Waals surface area contributed by atoms with E-state index >= 15 is 0 Å². The van der Waals surface area contributed by atoms with Crippen LogP contribution < -0.4 is 0 Å². The summed E-state index contributed by atoms with van der Waals surface area (Å²) >= 11 is 0. The Balaban J connectivity index is 0. The summed E-state index contributed by atoms with van der Waals surface area (Å²) in [5, 5.41) is 7.29. The quantitative estimate of drug-likeness (QED) is 0.287. The summed E-state index contributed by atoms with van der Waals surface area (Å²) in [5.41, 5.74) is 0. The van der Waals surface area contributed by atoms with Crippen LogP contribution in [0.5, 0.6) is 0 Å². The number of rotatable bonds is 0. The maximum absolute atomic E-state index is 9.34. The van der Waals surface area contributed by atoms with Crippen molar-refractivity contribution < 1.29 is 32.0 Å². The third-order valence-corrected chi connectivity index (χ3v) is 0.129. The fourth-order valence-corrected chi connectivity index (χ4v) is 0. The zero-order valence-corrected chi connectivity index (χ0v) is 4.22. The van der Waals surface area contributed by atoms with Crippen molar-refractivity contribution in [2.24, 2.45) is 0 Å². The van der Waals surface area contributed by atoms with E-state index in [2.05, 4.69) is 4.89 Å². The average Bonchev–Trinajstić information content (AvgIpc) is 1.38. The van der Waals surface area contributed by atoms with Gasteiger partial charge < -0.3 is 4.89 Å². The minimum absolute atomic E-state index is 0. The van der Waals surface area contributed by atoms with Crippen molar-refractivity contribution in [2.75, 3.05) is 0 Å². The number of carbonyl (C=O) groups is 1. The van der Waals surface area contributed by atoms with Gasteiger partial charge in [-0.15, -0.1) is 0 Å². The van der Waals surface area contributed by atoms with Crippen molar-refractivity contribution in [3.8, 4) is 0 Å². The van der Waals surface area contributed by atoms with E-state index in [1.807, 2.05) is 0 Å². The molecule has 0 radical (unpaired) electrons. The summed E-state index contributed by atoms with van der Waals surface area (Å²) in [6.45, 7) is 1.11. The molecule has 0 bridgehead atoms. The van der Waals surface area contributed by atoms with Crippen LogP contribution in [-0.4, -0.2) is 11.2 Å².